The van der Waals surface area contributed by atoms with E-state index in [1.807, 2.05) is 24.3 Å². The highest BCUT2D eigenvalue weighted by atomic mass is 19.1. The van der Waals surface area contributed by atoms with Crippen LogP contribution in [0.25, 0.3) is 10.9 Å². The van der Waals surface area contributed by atoms with Gasteiger partial charge in [0, 0.05) is 41.7 Å². The number of hydrogen-bond acceptors (Lipinski definition) is 4. The number of nitrogens with one attached hydrogen (secondary N) is 1. The second-order valence-corrected chi connectivity index (χ2v) is 9.47. The van der Waals surface area contributed by atoms with Crippen molar-refractivity contribution in [3.8, 4) is 0 Å². The number of non-ortho nitro benzene ring substituents is 1. The highest BCUT2D eigenvalue weighted by Gasteiger charge is 2.48. The Labute approximate surface area is 211 Å². The molecule has 1 aromatic heterocycles. The number of nitro groups is 1. The Kier molecular flexibility index (Phi) is 5.48. The zero-order valence-electron chi connectivity index (χ0n) is 19.8. The van der Waals surface area contributed by atoms with Gasteiger partial charge in [0.05, 0.1) is 17.5 Å². The lowest BCUT2D eigenvalue weighted by atomic mass is 9.86. The average molecular weight is 499 g/mol. The van der Waals surface area contributed by atoms with Gasteiger partial charge in [0.1, 0.15) is 11.9 Å². The molecule has 37 heavy (non-hydrogen) atoms. The fourth-order valence-electron chi connectivity index (χ4n) is 5.58. The van der Waals surface area contributed by atoms with Crippen LogP contribution in [0.15, 0.2) is 72.8 Å². The standard InChI is InChI=1S/C28H23FN4O4/c29-19-10-8-17(9-11-19)12-13-31-16-25(34)32-24(28(31)35)15-22-21-6-1-2-7-23(21)30-26(22)27(32)18-4-3-5-20(14-18)33(36)37/h1-11,14,24,27,30H,12-13,15-16H2/t24-,27-/m1/s1. The third-order valence-corrected chi connectivity index (χ3v) is 7.32. The van der Waals surface area contributed by atoms with E-state index in [1.165, 1.54) is 24.3 Å². The molecule has 2 aliphatic heterocycles. The maximum absolute atomic E-state index is 13.8. The van der Waals surface area contributed by atoms with Gasteiger partial charge in [-0.05, 0) is 41.3 Å². The summed E-state index contributed by atoms with van der Waals surface area (Å²) in [5.74, 6) is -0.704. The van der Waals surface area contributed by atoms with Gasteiger partial charge in [-0.2, -0.15) is 0 Å². The van der Waals surface area contributed by atoms with Gasteiger partial charge >= 0.3 is 0 Å². The zero-order valence-corrected chi connectivity index (χ0v) is 19.8. The summed E-state index contributed by atoms with van der Waals surface area (Å²) >= 11 is 0. The van der Waals surface area contributed by atoms with E-state index in [9.17, 15) is 24.1 Å². The molecule has 0 spiro atoms. The number of fused-ring (bicyclic) bond motifs is 4. The first-order valence-corrected chi connectivity index (χ1v) is 12.1. The van der Waals surface area contributed by atoms with Crippen LogP contribution in [0.2, 0.25) is 0 Å². The van der Waals surface area contributed by atoms with Crippen molar-refractivity contribution in [3.63, 3.8) is 0 Å². The van der Waals surface area contributed by atoms with E-state index < -0.39 is 17.0 Å². The van der Waals surface area contributed by atoms with E-state index >= 15 is 0 Å². The number of aromatic amines is 1. The van der Waals surface area contributed by atoms with Crippen molar-refractivity contribution in [2.24, 2.45) is 0 Å². The molecule has 3 aromatic carbocycles. The quantitative estimate of drug-likeness (QED) is 0.330. The molecule has 0 unspecified atom stereocenters. The Balaban J connectivity index is 1.40. The van der Waals surface area contributed by atoms with Crippen LogP contribution in [-0.4, -0.2) is 50.7 Å². The number of H-pyrrole nitrogens is 1. The van der Waals surface area contributed by atoms with Crippen LogP contribution in [-0.2, 0) is 22.4 Å². The number of benzene rings is 3. The first-order valence-electron chi connectivity index (χ1n) is 12.1. The Morgan fingerprint density at radius 2 is 1.81 bits per heavy atom. The molecule has 2 atom stereocenters. The molecule has 8 nitrogen and oxygen atoms in total. The van der Waals surface area contributed by atoms with Crippen molar-refractivity contribution < 1.29 is 18.9 Å². The molecule has 186 valence electrons. The van der Waals surface area contributed by atoms with E-state index in [0.717, 1.165) is 27.7 Å². The average Bonchev–Trinajstić information content (AvgIpc) is 3.28. The van der Waals surface area contributed by atoms with Gasteiger partial charge in [-0.3, -0.25) is 19.7 Å². The largest absolute Gasteiger partial charge is 0.356 e. The maximum atomic E-state index is 13.8. The van der Waals surface area contributed by atoms with E-state index in [0.29, 0.717) is 24.9 Å². The van der Waals surface area contributed by atoms with Crippen molar-refractivity contribution in [1.29, 1.82) is 0 Å². The molecular weight excluding hydrogens is 475 g/mol. The minimum Gasteiger partial charge on any atom is -0.356 e. The number of carbonyl (C=O) groups excluding carboxylic acids is 2. The van der Waals surface area contributed by atoms with Crippen LogP contribution in [0, 0.1) is 15.9 Å². The van der Waals surface area contributed by atoms with E-state index in [-0.39, 0.29) is 29.9 Å². The van der Waals surface area contributed by atoms with Gasteiger partial charge in [0.15, 0.2) is 0 Å². The molecule has 4 aromatic rings. The smallest absolute Gasteiger partial charge is 0.269 e. The number of hydrogen-bond donors (Lipinski definition) is 1. The predicted octanol–water partition coefficient (Wildman–Crippen LogP) is 4.14. The van der Waals surface area contributed by atoms with Gasteiger partial charge in [-0.25, -0.2) is 4.39 Å². The molecule has 0 bridgehead atoms. The van der Waals surface area contributed by atoms with Crippen molar-refractivity contribution >= 4 is 28.4 Å². The van der Waals surface area contributed by atoms with E-state index in [1.54, 1.807) is 34.1 Å². The second kappa shape index (κ2) is 8.85. The first-order chi connectivity index (χ1) is 17.9. The molecule has 0 radical (unpaired) electrons. The number of aromatic nitrogens is 1. The SMILES string of the molecule is O=C1[C@H]2Cc3c([nH]c4ccccc34)[C@@H](c3cccc([N+](=O)[O-])c3)N2C(=O)CN1CCc1ccc(F)cc1. The van der Waals surface area contributed by atoms with Crippen molar-refractivity contribution in [2.45, 2.75) is 24.9 Å². The van der Waals surface area contributed by atoms with Crippen molar-refractivity contribution in [2.75, 3.05) is 13.1 Å². The van der Waals surface area contributed by atoms with Gasteiger partial charge in [0.2, 0.25) is 11.8 Å². The number of para-hydroxylation sites is 1. The molecule has 2 aliphatic rings. The lowest BCUT2D eigenvalue weighted by Crippen LogP contribution is -2.63. The summed E-state index contributed by atoms with van der Waals surface area (Å²) in [7, 11) is 0. The minimum absolute atomic E-state index is 0.0750. The van der Waals surface area contributed by atoms with Crippen LogP contribution in [0.4, 0.5) is 10.1 Å². The molecule has 9 heteroatoms. The van der Waals surface area contributed by atoms with Crippen LogP contribution in [0.3, 0.4) is 0 Å². The Morgan fingerprint density at radius 1 is 1.03 bits per heavy atom. The fraction of sp³-hybridized carbons (Fsp3) is 0.214. The highest BCUT2D eigenvalue weighted by Crippen LogP contribution is 2.43. The van der Waals surface area contributed by atoms with Gasteiger partial charge in [-0.15, -0.1) is 0 Å². The maximum Gasteiger partial charge on any atom is 0.269 e. The van der Waals surface area contributed by atoms with Crippen LogP contribution in [0.1, 0.15) is 28.4 Å². The fourth-order valence-corrected chi connectivity index (χ4v) is 5.58. The number of amides is 2. The topological polar surface area (TPSA) is 99.5 Å². The lowest BCUT2D eigenvalue weighted by molar-refractivity contribution is -0.384. The lowest BCUT2D eigenvalue weighted by Gasteiger charge is -2.47. The molecule has 0 aliphatic carbocycles. The molecule has 2 amide bonds. The molecule has 1 N–H and O–H groups in total. The summed E-state index contributed by atoms with van der Waals surface area (Å²) in [6.45, 7) is 0.250. The van der Waals surface area contributed by atoms with Gasteiger partial charge in [-0.1, -0.05) is 42.5 Å². The third kappa shape index (κ3) is 3.92. The molecule has 3 heterocycles. The molecule has 0 saturated carbocycles. The number of nitro benzene ring substituents is 1. The number of carbonyl (C=O) groups is 2. The number of piperazine rings is 1. The van der Waals surface area contributed by atoms with Crippen LogP contribution >= 0.6 is 0 Å². The monoisotopic (exact) mass is 498 g/mol. The summed E-state index contributed by atoms with van der Waals surface area (Å²) in [6.07, 6.45) is 0.848. The molecule has 6 rings (SSSR count). The van der Waals surface area contributed by atoms with Gasteiger partial charge < -0.3 is 14.8 Å². The van der Waals surface area contributed by atoms with Crippen LogP contribution < -0.4 is 0 Å². The number of rotatable bonds is 5. The Morgan fingerprint density at radius 3 is 2.59 bits per heavy atom. The predicted molar refractivity (Wildman–Crippen MR) is 134 cm³/mol. The zero-order chi connectivity index (χ0) is 25.7. The summed E-state index contributed by atoms with van der Waals surface area (Å²) in [6, 6.07) is 18.7. The van der Waals surface area contributed by atoms with Crippen molar-refractivity contribution in [1.82, 2.24) is 14.8 Å². The van der Waals surface area contributed by atoms with Gasteiger partial charge in [0.25, 0.3) is 5.69 Å². The second-order valence-electron chi connectivity index (χ2n) is 9.47. The Hall–Kier alpha value is -4.53. The molecule has 1 saturated heterocycles. The first kappa shape index (κ1) is 22.9. The summed E-state index contributed by atoms with van der Waals surface area (Å²) in [5.41, 5.74) is 3.98. The number of halogens is 1. The summed E-state index contributed by atoms with van der Waals surface area (Å²) in [4.78, 5) is 45.0. The summed E-state index contributed by atoms with van der Waals surface area (Å²) < 4.78 is 13.3. The Bertz CT molecular complexity index is 1550. The third-order valence-electron chi connectivity index (χ3n) is 7.32. The van der Waals surface area contributed by atoms with E-state index in [2.05, 4.69) is 4.98 Å². The van der Waals surface area contributed by atoms with Crippen LogP contribution in [0.5, 0.6) is 0 Å². The number of nitrogens with zero attached hydrogens (tertiary/aromatic N) is 3. The van der Waals surface area contributed by atoms with Crippen molar-refractivity contribution in [3.05, 3.63) is 111 Å². The molecular formula is C28H23FN4O4. The normalized spacial score (nSPS) is 19.2. The highest BCUT2D eigenvalue weighted by molar-refractivity contribution is 5.97. The molecule has 1 fully saturated rings. The minimum atomic E-state index is -0.731. The summed E-state index contributed by atoms with van der Waals surface area (Å²) in [5, 5.41) is 12.5. The van der Waals surface area contributed by atoms with E-state index in [4.69, 9.17) is 0 Å².